The van der Waals surface area contributed by atoms with Crippen molar-refractivity contribution in [1.29, 1.82) is 0 Å². The minimum Gasteiger partial charge on any atom is -0.504 e. The third-order valence-corrected chi connectivity index (χ3v) is 6.10. The molecule has 39 heavy (non-hydrogen) atoms. The van der Waals surface area contributed by atoms with E-state index in [1.807, 2.05) is 0 Å². The Morgan fingerprint density at radius 1 is 0.821 bits per heavy atom. The van der Waals surface area contributed by atoms with Crippen LogP contribution in [0.15, 0.2) is 30.3 Å². The fraction of sp³-hybridized carbons (Fsp3) is 0.481. The molecule has 0 aliphatic heterocycles. The lowest BCUT2D eigenvalue weighted by molar-refractivity contribution is 0.0296. The molecule has 2 aromatic carbocycles. The number of ether oxygens (including phenoxy) is 2. The average molecular weight is 553 g/mol. The second-order valence-corrected chi connectivity index (χ2v) is 9.14. The smallest absolute Gasteiger partial charge is 0.343 e. The highest BCUT2D eigenvalue weighted by Gasteiger charge is 2.24. The average Bonchev–Trinajstić information content (AvgIpc) is 2.91. The molecule has 0 spiro atoms. The maximum absolute atomic E-state index is 13.0. The molecule has 0 heterocycles. The Morgan fingerprint density at radius 2 is 1.56 bits per heavy atom. The summed E-state index contributed by atoms with van der Waals surface area (Å²) < 4.78 is 10.7. The van der Waals surface area contributed by atoms with E-state index in [4.69, 9.17) is 19.7 Å². The quantitative estimate of drug-likeness (QED) is 0.0831. The number of hydrogen-bond donors (Lipinski definition) is 8. The summed E-state index contributed by atoms with van der Waals surface area (Å²) in [5, 5.41) is 77.0. The number of esters is 2. The van der Waals surface area contributed by atoms with Crippen LogP contribution in [0, 0.1) is 5.92 Å². The Bertz CT molecular complexity index is 1090. The molecule has 0 aromatic heterocycles. The third-order valence-electron chi connectivity index (χ3n) is 6.10. The van der Waals surface area contributed by atoms with Crippen LogP contribution in [0.3, 0.4) is 0 Å². The Hall–Kier alpha value is -3.42. The van der Waals surface area contributed by atoms with E-state index in [0.717, 1.165) is 12.1 Å². The van der Waals surface area contributed by atoms with Gasteiger partial charge in [-0.1, -0.05) is 0 Å². The van der Waals surface area contributed by atoms with Gasteiger partial charge in [0.05, 0.1) is 36.5 Å². The molecule has 3 unspecified atom stereocenters. The van der Waals surface area contributed by atoms with Crippen LogP contribution in [-0.4, -0.2) is 91.4 Å². The second-order valence-electron chi connectivity index (χ2n) is 9.14. The summed E-state index contributed by atoms with van der Waals surface area (Å²) in [6, 6.07) is 5.77. The molecule has 3 atom stereocenters. The second kappa shape index (κ2) is 15.9. The molecular formula is C27H36O12. The van der Waals surface area contributed by atoms with Gasteiger partial charge >= 0.3 is 11.9 Å². The molecule has 216 valence electrons. The van der Waals surface area contributed by atoms with Gasteiger partial charge < -0.3 is 50.3 Å². The predicted molar refractivity (Wildman–Crippen MR) is 137 cm³/mol. The molecule has 0 aliphatic carbocycles. The van der Waals surface area contributed by atoms with Gasteiger partial charge in [-0.15, -0.1) is 0 Å². The van der Waals surface area contributed by atoms with Gasteiger partial charge in [0.15, 0.2) is 23.0 Å². The molecule has 0 saturated carbocycles. The van der Waals surface area contributed by atoms with Gasteiger partial charge in [-0.3, -0.25) is 0 Å². The van der Waals surface area contributed by atoms with Crippen LogP contribution >= 0.6 is 0 Å². The third kappa shape index (κ3) is 9.68. The van der Waals surface area contributed by atoms with Crippen molar-refractivity contribution in [2.75, 3.05) is 26.4 Å². The molecule has 12 heteroatoms. The summed E-state index contributed by atoms with van der Waals surface area (Å²) in [5.74, 6) is -3.92. The fourth-order valence-electron chi connectivity index (χ4n) is 3.92. The Balaban J connectivity index is 2.21. The normalized spacial score (nSPS) is 13.5. The van der Waals surface area contributed by atoms with Gasteiger partial charge in [-0.25, -0.2) is 9.59 Å². The number of rotatable bonds is 16. The van der Waals surface area contributed by atoms with Crippen molar-refractivity contribution in [3.63, 3.8) is 0 Å². The van der Waals surface area contributed by atoms with Crippen molar-refractivity contribution in [2.45, 2.75) is 50.7 Å². The zero-order chi connectivity index (χ0) is 28.9. The van der Waals surface area contributed by atoms with E-state index in [2.05, 4.69) is 0 Å². The molecule has 0 amide bonds. The largest absolute Gasteiger partial charge is 0.504 e. The van der Waals surface area contributed by atoms with E-state index in [9.17, 15) is 40.2 Å². The summed E-state index contributed by atoms with van der Waals surface area (Å²) in [6.07, 6.45) is -0.800. The number of carbonyl (C=O) groups is 2. The van der Waals surface area contributed by atoms with Crippen LogP contribution < -0.4 is 4.74 Å². The molecule has 2 rings (SSSR count). The van der Waals surface area contributed by atoms with Gasteiger partial charge in [-0.2, -0.15) is 0 Å². The number of aliphatic hydroxyl groups excluding tert-OH is 5. The lowest BCUT2D eigenvalue weighted by Gasteiger charge is -2.21. The van der Waals surface area contributed by atoms with Crippen molar-refractivity contribution in [1.82, 2.24) is 0 Å². The minimum atomic E-state index is -0.971. The van der Waals surface area contributed by atoms with Gasteiger partial charge in [0.2, 0.25) is 0 Å². The van der Waals surface area contributed by atoms with E-state index in [1.54, 1.807) is 0 Å². The van der Waals surface area contributed by atoms with E-state index >= 15 is 0 Å². The van der Waals surface area contributed by atoms with E-state index < -0.39 is 53.9 Å². The topological polar surface area (TPSA) is 214 Å². The summed E-state index contributed by atoms with van der Waals surface area (Å²) in [4.78, 5) is 25.5. The Morgan fingerprint density at radius 3 is 2.21 bits per heavy atom. The van der Waals surface area contributed by atoms with Crippen molar-refractivity contribution in [3.8, 4) is 23.0 Å². The molecule has 0 radical (unpaired) electrons. The summed E-state index contributed by atoms with van der Waals surface area (Å²) in [7, 11) is 0. The van der Waals surface area contributed by atoms with Crippen molar-refractivity contribution >= 4 is 11.9 Å². The zero-order valence-corrected chi connectivity index (χ0v) is 21.4. The Labute approximate surface area is 225 Å². The van der Waals surface area contributed by atoms with Gasteiger partial charge in [0, 0.05) is 18.8 Å². The molecule has 0 saturated heterocycles. The molecule has 0 fully saturated rings. The summed E-state index contributed by atoms with van der Waals surface area (Å²) in [6.45, 7) is -1.07. The maximum Gasteiger partial charge on any atom is 0.343 e. The van der Waals surface area contributed by atoms with Crippen LogP contribution in [0.2, 0.25) is 0 Å². The minimum absolute atomic E-state index is 0.0342. The molecule has 12 nitrogen and oxygen atoms in total. The molecular weight excluding hydrogens is 516 g/mol. The van der Waals surface area contributed by atoms with Crippen LogP contribution in [0.4, 0.5) is 0 Å². The standard InChI is InChI=1S/C27H36O12/c28-10-1-2-20-21(27(37)38-15-16(3-5-19(32)14-30)12-18(31)9-11-29)6-8-24(25(20)35)39-26(36)17-4-7-22(33)23(34)13-17/h4,6-8,13,16,18-19,28-35H,1-3,5,9-12,14-15H2. The van der Waals surface area contributed by atoms with E-state index in [1.165, 1.54) is 18.2 Å². The van der Waals surface area contributed by atoms with Crippen LogP contribution in [-0.2, 0) is 11.2 Å². The Kier molecular flexibility index (Phi) is 12.9. The van der Waals surface area contributed by atoms with E-state index in [0.29, 0.717) is 6.42 Å². The van der Waals surface area contributed by atoms with Crippen molar-refractivity contribution < 1.29 is 59.9 Å². The molecule has 0 bridgehead atoms. The van der Waals surface area contributed by atoms with Crippen LogP contribution in [0.5, 0.6) is 23.0 Å². The predicted octanol–water partition coefficient (Wildman–Crippen LogP) is 0.987. The number of aliphatic hydroxyl groups is 5. The van der Waals surface area contributed by atoms with Gasteiger partial charge in [0.25, 0.3) is 0 Å². The fourth-order valence-corrected chi connectivity index (χ4v) is 3.92. The zero-order valence-electron chi connectivity index (χ0n) is 21.4. The monoisotopic (exact) mass is 552 g/mol. The summed E-state index contributed by atoms with van der Waals surface area (Å²) in [5.41, 5.74) is -0.0700. The number of carbonyl (C=O) groups excluding carboxylic acids is 2. The van der Waals surface area contributed by atoms with Gasteiger partial charge in [-0.05, 0) is 74.8 Å². The first kappa shape index (κ1) is 31.8. The molecule has 2 aromatic rings. The first-order valence-corrected chi connectivity index (χ1v) is 12.6. The lowest BCUT2D eigenvalue weighted by atomic mass is 9.94. The highest BCUT2D eigenvalue weighted by atomic mass is 16.5. The number of phenolic OH excluding ortho intramolecular Hbond substituents is 3. The van der Waals surface area contributed by atoms with Crippen LogP contribution in [0.25, 0.3) is 0 Å². The van der Waals surface area contributed by atoms with Crippen LogP contribution in [0.1, 0.15) is 58.4 Å². The van der Waals surface area contributed by atoms with Crippen molar-refractivity contribution in [2.24, 2.45) is 5.92 Å². The number of benzene rings is 2. The maximum atomic E-state index is 13.0. The van der Waals surface area contributed by atoms with Gasteiger partial charge in [0.1, 0.15) is 0 Å². The molecule has 8 N–H and O–H groups in total. The molecule has 0 aliphatic rings. The number of aromatic hydroxyl groups is 3. The van der Waals surface area contributed by atoms with E-state index in [-0.39, 0.29) is 74.4 Å². The lowest BCUT2D eigenvalue weighted by Crippen LogP contribution is -2.23. The van der Waals surface area contributed by atoms with Crippen molar-refractivity contribution in [3.05, 3.63) is 47.0 Å². The summed E-state index contributed by atoms with van der Waals surface area (Å²) >= 11 is 0. The first-order valence-electron chi connectivity index (χ1n) is 12.6. The number of hydrogen-bond acceptors (Lipinski definition) is 12. The highest BCUT2D eigenvalue weighted by molar-refractivity contribution is 5.94. The SMILES string of the molecule is O=C(Oc1ccc(C(=O)OCC(CCC(O)CO)CC(O)CCO)c(CCCO)c1O)c1ccc(O)c(O)c1. The first-order chi connectivity index (χ1) is 18.6. The highest BCUT2D eigenvalue weighted by Crippen LogP contribution is 2.35. The number of phenols is 3.